The number of aromatic amines is 1. The number of ketones is 1. The van der Waals surface area contributed by atoms with E-state index in [4.69, 9.17) is 4.99 Å². The van der Waals surface area contributed by atoms with Crippen LogP contribution in [0.25, 0.3) is 10.9 Å². The van der Waals surface area contributed by atoms with Crippen molar-refractivity contribution < 1.29 is 9.90 Å². The van der Waals surface area contributed by atoms with E-state index in [0.717, 1.165) is 33.4 Å². The van der Waals surface area contributed by atoms with Crippen LogP contribution in [0.5, 0.6) is 0 Å². The van der Waals surface area contributed by atoms with Gasteiger partial charge in [-0.25, -0.2) is 4.99 Å². The smallest absolute Gasteiger partial charge is 0.204 e. The molecule has 2 aliphatic heterocycles. The molecule has 5 heteroatoms. The fraction of sp³-hybridized carbons (Fsp3) is 0.273. The summed E-state index contributed by atoms with van der Waals surface area (Å²) in [7, 11) is 0. The fourth-order valence-corrected chi connectivity index (χ4v) is 4.17. The summed E-state index contributed by atoms with van der Waals surface area (Å²) in [5.41, 5.74) is 4.80. The molecule has 5 nitrogen and oxygen atoms in total. The Labute approximate surface area is 157 Å². The maximum absolute atomic E-state index is 13.1. The van der Waals surface area contributed by atoms with Gasteiger partial charge >= 0.3 is 0 Å². The molecule has 2 N–H and O–H groups in total. The molecule has 1 fully saturated rings. The van der Waals surface area contributed by atoms with Crippen LogP contribution < -0.4 is 4.90 Å². The van der Waals surface area contributed by atoms with E-state index in [-0.39, 0.29) is 5.78 Å². The second-order valence-electron chi connectivity index (χ2n) is 7.70. The molecule has 0 spiro atoms. The number of fused-ring (bicyclic) bond motifs is 3. The van der Waals surface area contributed by atoms with Crippen LogP contribution in [0.15, 0.2) is 41.4 Å². The number of amidine groups is 1. The largest absolute Gasteiger partial charge is 0.374 e. The van der Waals surface area contributed by atoms with Crippen molar-refractivity contribution >= 4 is 33.9 Å². The van der Waals surface area contributed by atoms with Crippen LogP contribution >= 0.6 is 0 Å². The number of nitrogens with one attached hydrogen (secondary N) is 1. The van der Waals surface area contributed by atoms with Crippen molar-refractivity contribution in [2.45, 2.75) is 32.8 Å². The average molecular weight is 359 g/mol. The van der Waals surface area contributed by atoms with E-state index >= 15 is 0 Å². The molecule has 0 amide bonds. The molecule has 2 aliphatic rings. The summed E-state index contributed by atoms with van der Waals surface area (Å²) < 4.78 is 0. The van der Waals surface area contributed by atoms with E-state index in [9.17, 15) is 9.90 Å². The molecule has 0 aliphatic carbocycles. The zero-order valence-electron chi connectivity index (χ0n) is 15.6. The van der Waals surface area contributed by atoms with E-state index in [1.165, 1.54) is 0 Å². The number of carbonyl (C=O) groups excluding carboxylic acids is 1. The predicted molar refractivity (Wildman–Crippen MR) is 107 cm³/mol. The number of benzene rings is 2. The highest BCUT2D eigenvalue weighted by atomic mass is 16.3. The lowest BCUT2D eigenvalue weighted by atomic mass is 9.86. The zero-order chi connectivity index (χ0) is 18.9. The molecule has 1 aromatic heterocycles. The number of aliphatic hydroxyl groups is 1. The highest BCUT2D eigenvalue weighted by Crippen LogP contribution is 2.40. The van der Waals surface area contributed by atoms with Gasteiger partial charge in [0.1, 0.15) is 5.84 Å². The van der Waals surface area contributed by atoms with Crippen molar-refractivity contribution in [2.24, 2.45) is 4.99 Å². The standard InChI is InChI=1S/C22H21N3O2/c1-12-8-17-19(9-13(12)2)24-21-22(27,20(17)26)6-7-25(21)16-5-4-15-10-14(3)23-18(15)11-16/h4-5,8-11,23,27H,6-7H2,1-3H3/t22-/m1/s1. The lowest BCUT2D eigenvalue weighted by molar-refractivity contribution is 0.0602. The zero-order valence-corrected chi connectivity index (χ0v) is 15.6. The molecule has 136 valence electrons. The summed E-state index contributed by atoms with van der Waals surface area (Å²) in [6.07, 6.45) is 0.346. The lowest BCUT2D eigenvalue weighted by Gasteiger charge is -2.30. The number of rotatable bonds is 1. The van der Waals surface area contributed by atoms with E-state index in [2.05, 4.69) is 23.2 Å². The third-order valence-electron chi connectivity index (χ3n) is 5.83. The molecule has 27 heavy (non-hydrogen) atoms. The Balaban J connectivity index is 1.66. The van der Waals surface area contributed by atoms with Crippen LogP contribution in [0.1, 0.15) is 33.6 Å². The average Bonchev–Trinajstić information content (AvgIpc) is 3.16. The molecule has 0 saturated carbocycles. The van der Waals surface area contributed by atoms with Gasteiger partial charge in [0.05, 0.1) is 5.69 Å². The fourth-order valence-electron chi connectivity index (χ4n) is 4.17. The van der Waals surface area contributed by atoms with E-state index in [1.54, 1.807) is 0 Å². The molecule has 3 aromatic rings. The monoisotopic (exact) mass is 359 g/mol. The van der Waals surface area contributed by atoms with E-state index in [1.807, 2.05) is 43.9 Å². The van der Waals surface area contributed by atoms with Gasteiger partial charge in [-0.2, -0.15) is 0 Å². The minimum absolute atomic E-state index is 0.245. The molecular weight excluding hydrogens is 338 g/mol. The van der Waals surface area contributed by atoms with Crippen molar-refractivity contribution in [1.29, 1.82) is 0 Å². The first-order chi connectivity index (χ1) is 12.9. The van der Waals surface area contributed by atoms with Crippen LogP contribution in [0.3, 0.4) is 0 Å². The van der Waals surface area contributed by atoms with Gasteiger partial charge in [-0.05, 0) is 67.6 Å². The number of aromatic nitrogens is 1. The number of carbonyl (C=O) groups is 1. The Morgan fingerprint density at radius 3 is 2.70 bits per heavy atom. The first-order valence-corrected chi connectivity index (χ1v) is 9.21. The minimum atomic E-state index is -1.55. The predicted octanol–water partition coefficient (Wildman–Crippen LogP) is 3.96. The van der Waals surface area contributed by atoms with Gasteiger partial charge < -0.3 is 15.0 Å². The maximum Gasteiger partial charge on any atom is 0.204 e. The Kier molecular flexibility index (Phi) is 3.19. The minimum Gasteiger partial charge on any atom is -0.374 e. The Morgan fingerprint density at radius 2 is 1.89 bits per heavy atom. The summed E-state index contributed by atoms with van der Waals surface area (Å²) in [6.45, 7) is 6.56. The molecular formula is C22H21N3O2. The molecule has 5 rings (SSSR count). The third kappa shape index (κ3) is 2.21. The number of hydrogen-bond donors (Lipinski definition) is 2. The van der Waals surface area contributed by atoms with Gasteiger partial charge in [0.2, 0.25) is 5.78 Å². The second kappa shape index (κ2) is 5.30. The second-order valence-corrected chi connectivity index (χ2v) is 7.70. The number of H-pyrrole nitrogens is 1. The van der Waals surface area contributed by atoms with Crippen molar-refractivity contribution in [1.82, 2.24) is 4.98 Å². The van der Waals surface area contributed by atoms with Gasteiger partial charge in [-0.3, -0.25) is 4.79 Å². The summed E-state index contributed by atoms with van der Waals surface area (Å²) in [5, 5.41) is 12.3. The van der Waals surface area contributed by atoms with Crippen LogP contribution in [-0.4, -0.2) is 33.9 Å². The number of anilines is 1. The van der Waals surface area contributed by atoms with Gasteiger partial charge in [-0.1, -0.05) is 6.07 Å². The quantitative estimate of drug-likeness (QED) is 0.691. The molecule has 0 unspecified atom stereocenters. The van der Waals surface area contributed by atoms with Crippen LogP contribution in [-0.2, 0) is 0 Å². The molecule has 0 radical (unpaired) electrons. The van der Waals surface area contributed by atoms with Crippen LogP contribution in [0.2, 0.25) is 0 Å². The van der Waals surface area contributed by atoms with Crippen molar-refractivity contribution in [2.75, 3.05) is 11.4 Å². The highest BCUT2D eigenvalue weighted by molar-refractivity contribution is 6.28. The van der Waals surface area contributed by atoms with Gasteiger partial charge in [0.25, 0.3) is 0 Å². The number of nitrogens with zero attached hydrogens (tertiary/aromatic N) is 2. The van der Waals surface area contributed by atoms with Crippen LogP contribution in [0, 0.1) is 20.8 Å². The topological polar surface area (TPSA) is 68.7 Å². The third-order valence-corrected chi connectivity index (χ3v) is 5.83. The molecule has 1 atom stereocenters. The first kappa shape index (κ1) is 16.3. The van der Waals surface area contributed by atoms with Gasteiger partial charge in [0.15, 0.2) is 5.60 Å². The van der Waals surface area contributed by atoms with Crippen LogP contribution in [0.4, 0.5) is 11.4 Å². The molecule has 2 aromatic carbocycles. The molecule has 3 heterocycles. The normalized spacial score (nSPS) is 21.4. The summed E-state index contributed by atoms with van der Waals surface area (Å²) in [5.74, 6) is 0.191. The Bertz CT molecular complexity index is 1160. The Morgan fingerprint density at radius 1 is 1.11 bits per heavy atom. The summed E-state index contributed by atoms with van der Waals surface area (Å²) in [4.78, 5) is 23.2. The molecule has 1 saturated heterocycles. The summed E-state index contributed by atoms with van der Waals surface area (Å²) >= 11 is 0. The highest BCUT2D eigenvalue weighted by Gasteiger charge is 2.52. The van der Waals surface area contributed by atoms with Crippen molar-refractivity contribution in [3.05, 3.63) is 58.8 Å². The van der Waals surface area contributed by atoms with Crippen molar-refractivity contribution in [3.8, 4) is 0 Å². The first-order valence-electron chi connectivity index (χ1n) is 9.21. The molecule has 0 bridgehead atoms. The van der Waals surface area contributed by atoms with E-state index in [0.29, 0.717) is 30.1 Å². The number of aliphatic imine (C=N–C) groups is 1. The number of aryl methyl sites for hydroxylation is 3. The SMILES string of the molecule is Cc1cc2ccc(N3CC[C@@]4(O)C(=O)c5cc(C)c(C)cc5N=C34)cc2[nH]1. The maximum atomic E-state index is 13.1. The lowest BCUT2D eigenvalue weighted by Crippen LogP contribution is -2.48. The van der Waals surface area contributed by atoms with Gasteiger partial charge in [0, 0.05) is 35.4 Å². The number of hydrogen-bond acceptors (Lipinski definition) is 4. The number of Topliss-reactive ketones (excluding diaryl/α,β-unsaturated/α-hetero) is 1. The summed E-state index contributed by atoms with van der Waals surface area (Å²) in [6, 6.07) is 12.0. The van der Waals surface area contributed by atoms with E-state index < -0.39 is 5.60 Å². The van der Waals surface area contributed by atoms with Gasteiger partial charge in [-0.15, -0.1) is 0 Å². The Hall–Kier alpha value is -2.92. The van der Waals surface area contributed by atoms with Crippen molar-refractivity contribution in [3.63, 3.8) is 0 Å².